The van der Waals surface area contributed by atoms with E-state index in [1.807, 2.05) is 26.1 Å². The third-order valence-electron chi connectivity index (χ3n) is 7.06. The molecule has 1 amide bonds. The molecule has 1 atom stereocenters. The van der Waals surface area contributed by atoms with E-state index in [1.165, 1.54) is 17.7 Å². The number of hydrogen-bond acceptors (Lipinski definition) is 6. The van der Waals surface area contributed by atoms with Gasteiger partial charge in [0.05, 0.1) is 36.1 Å². The number of imidazole rings is 1. The van der Waals surface area contributed by atoms with Gasteiger partial charge < -0.3 is 19.5 Å². The van der Waals surface area contributed by atoms with Crippen LogP contribution in [-0.2, 0) is 17.7 Å². The molecule has 3 heterocycles. The lowest BCUT2D eigenvalue weighted by atomic mass is 9.91. The number of carbonyl (C=O) groups excluding carboxylic acids is 1. The molecule has 1 aromatic carbocycles. The minimum Gasteiger partial charge on any atom is -0.449 e. The van der Waals surface area contributed by atoms with Gasteiger partial charge in [-0.15, -0.1) is 0 Å². The first-order valence-electron chi connectivity index (χ1n) is 12.8. The maximum Gasteiger partial charge on any atom is 0.409 e. The van der Waals surface area contributed by atoms with E-state index < -0.39 is 0 Å². The van der Waals surface area contributed by atoms with Crippen molar-refractivity contribution >= 4 is 22.8 Å². The lowest BCUT2D eigenvalue weighted by Crippen LogP contribution is -2.49. The fraction of sp³-hybridized carbons (Fsp3) is 0.519. The highest BCUT2D eigenvalue weighted by atomic mass is 16.6. The molecule has 5 rings (SSSR count). The summed E-state index contributed by atoms with van der Waals surface area (Å²) in [5.74, 6) is 1.31. The number of aryl methyl sites for hydroxylation is 1. The lowest BCUT2D eigenvalue weighted by Gasteiger charge is -2.35. The second-order valence-electron chi connectivity index (χ2n) is 10.2. The summed E-state index contributed by atoms with van der Waals surface area (Å²) in [6.45, 7) is 8.14. The Bertz CT molecular complexity index is 1170. The maximum absolute atomic E-state index is 12.3. The number of amides is 1. The Kier molecular flexibility index (Phi) is 6.90. The van der Waals surface area contributed by atoms with Crippen LogP contribution in [0.5, 0.6) is 0 Å². The molecular formula is C27H36N6O2. The second-order valence-corrected chi connectivity index (χ2v) is 10.2. The standard InChI is InChI=1S/C27H36N6O2/c1-19(2)18-35-27(34)33-15-13-32(14-16-33)23-11-5-9-21-26(23)30-24(29-21)17-31(3)22-10-4-7-20-8-6-12-28-25(20)22/h5-6,8-9,11-12,19,22H,4,7,10,13-18H2,1-3H3,(H,29,30). The number of nitrogens with one attached hydrogen (secondary N) is 1. The zero-order valence-electron chi connectivity index (χ0n) is 21.0. The maximum atomic E-state index is 12.3. The number of fused-ring (bicyclic) bond motifs is 2. The summed E-state index contributed by atoms with van der Waals surface area (Å²) in [6, 6.07) is 10.9. The van der Waals surface area contributed by atoms with Crippen molar-refractivity contribution in [1.82, 2.24) is 24.8 Å². The average molecular weight is 477 g/mol. The van der Waals surface area contributed by atoms with E-state index >= 15 is 0 Å². The van der Waals surface area contributed by atoms with Crippen LogP contribution in [0.4, 0.5) is 10.5 Å². The lowest BCUT2D eigenvalue weighted by molar-refractivity contribution is 0.0902. The van der Waals surface area contributed by atoms with Crippen molar-refractivity contribution in [3.8, 4) is 0 Å². The smallest absolute Gasteiger partial charge is 0.409 e. The van der Waals surface area contributed by atoms with Crippen LogP contribution in [0, 0.1) is 5.92 Å². The van der Waals surface area contributed by atoms with Crippen LogP contribution in [0.2, 0.25) is 0 Å². The van der Waals surface area contributed by atoms with Crippen LogP contribution in [0.3, 0.4) is 0 Å². The number of piperazine rings is 1. The summed E-state index contributed by atoms with van der Waals surface area (Å²) >= 11 is 0. The number of nitrogens with zero attached hydrogens (tertiary/aromatic N) is 5. The van der Waals surface area contributed by atoms with Gasteiger partial charge in [-0.1, -0.05) is 26.0 Å². The Morgan fingerprint density at radius 1 is 1.20 bits per heavy atom. The summed E-state index contributed by atoms with van der Waals surface area (Å²) < 4.78 is 5.41. The Hall–Kier alpha value is -3.13. The molecule has 1 unspecified atom stereocenters. The molecule has 1 saturated heterocycles. The van der Waals surface area contributed by atoms with Gasteiger partial charge in [-0.25, -0.2) is 9.78 Å². The number of aromatic nitrogens is 3. The molecule has 8 heteroatoms. The summed E-state index contributed by atoms with van der Waals surface area (Å²) in [4.78, 5) is 32.1. The average Bonchev–Trinajstić information content (AvgIpc) is 3.29. The van der Waals surface area contributed by atoms with Crippen molar-refractivity contribution in [2.75, 3.05) is 44.7 Å². The van der Waals surface area contributed by atoms with Crippen LogP contribution >= 0.6 is 0 Å². The van der Waals surface area contributed by atoms with Gasteiger partial charge in [-0.05, 0) is 56.0 Å². The number of H-pyrrole nitrogens is 1. The molecule has 1 aliphatic heterocycles. The fourth-order valence-corrected chi connectivity index (χ4v) is 5.22. The number of anilines is 1. The van der Waals surface area contributed by atoms with Gasteiger partial charge in [0.1, 0.15) is 11.3 Å². The Balaban J connectivity index is 1.27. The fourth-order valence-electron chi connectivity index (χ4n) is 5.22. The van der Waals surface area contributed by atoms with Crippen LogP contribution in [0.25, 0.3) is 11.0 Å². The molecule has 1 N–H and O–H groups in total. The Labute approximate surface area is 207 Å². The highest BCUT2D eigenvalue weighted by molar-refractivity contribution is 5.89. The van der Waals surface area contributed by atoms with Crippen molar-refractivity contribution in [3.63, 3.8) is 0 Å². The Morgan fingerprint density at radius 2 is 2.03 bits per heavy atom. The van der Waals surface area contributed by atoms with Gasteiger partial charge >= 0.3 is 6.09 Å². The summed E-state index contributed by atoms with van der Waals surface area (Å²) in [7, 11) is 2.17. The number of benzene rings is 1. The van der Waals surface area contributed by atoms with Gasteiger partial charge in [-0.3, -0.25) is 9.88 Å². The summed E-state index contributed by atoms with van der Waals surface area (Å²) in [5, 5.41) is 0. The third kappa shape index (κ3) is 5.12. The molecule has 2 aliphatic rings. The van der Waals surface area contributed by atoms with Crippen molar-refractivity contribution in [2.24, 2.45) is 5.92 Å². The molecule has 0 bridgehead atoms. The predicted octanol–water partition coefficient (Wildman–Crippen LogP) is 4.38. The Morgan fingerprint density at radius 3 is 2.83 bits per heavy atom. The number of ether oxygens (including phenoxy) is 1. The van der Waals surface area contributed by atoms with Crippen LogP contribution < -0.4 is 4.90 Å². The normalized spacial score (nSPS) is 18.4. The SMILES string of the molecule is CC(C)COC(=O)N1CCN(c2cccc3[nH]c(CN(C)C4CCCc5cccnc54)nc23)CC1. The molecule has 0 radical (unpaired) electrons. The van der Waals surface area contributed by atoms with Crippen LogP contribution in [0.1, 0.15) is 49.8 Å². The van der Waals surface area contributed by atoms with Gasteiger partial charge in [0.2, 0.25) is 0 Å². The third-order valence-corrected chi connectivity index (χ3v) is 7.06. The molecule has 0 saturated carbocycles. The van der Waals surface area contributed by atoms with Crippen molar-refractivity contribution < 1.29 is 9.53 Å². The summed E-state index contributed by atoms with van der Waals surface area (Å²) in [5.41, 5.74) is 5.74. The largest absolute Gasteiger partial charge is 0.449 e. The first kappa shape index (κ1) is 23.6. The van der Waals surface area contributed by atoms with E-state index in [1.54, 1.807) is 4.90 Å². The van der Waals surface area contributed by atoms with Gasteiger partial charge in [0.15, 0.2) is 0 Å². The van der Waals surface area contributed by atoms with Gasteiger partial charge in [0, 0.05) is 32.4 Å². The van der Waals surface area contributed by atoms with E-state index in [-0.39, 0.29) is 6.09 Å². The molecule has 0 spiro atoms. The molecular weight excluding hydrogens is 440 g/mol. The monoisotopic (exact) mass is 476 g/mol. The molecule has 35 heavy (non-hydrogen) atoms. The molecule has 8 nitrogen and oxygen atoms in total. The zero-order valence-corrected chi connectivity index (χ0v) is 21.0. The first-order valence-corrected chi connectivity index (χ1v) is 12.8. The van der Waals surface area contributed by atoms with Crippen molar-refractivity contribution in [3.05, 3.63) is 53.6 Å². The highest BCUT2D eigenvalue weighted by Crippen LogP contribution is 2.33. The quantitative estimate of drug-likeness (QED) is 0.569. The van der Waals surface area contributed by atoms with E-state index in [2.05, 4.69) is 46.1 Å². The molecule has 3 aromatic rings. The molecule has 1 aliphatic carbocycles. The van der Waals surface area contributed by atoms with Crippen LogP contribution in [0.15, 0.2) is 36.5 Å². The topological polar surface area (TPSA) is 77.6 Å². The number of rotatable bonds is 6. The minimum absolute atomic E-state index is 0.208. The van der Waals surface area contributed by atoms with E-state index in [0.717, 1.165) is 55.0 Å². The van der Waals surface area contributed by atoms with E-state index in [9.17, 15) is 4.79 Å². The molecule has 2 aromatic heterocycles. The number of para-hydroxylation sites is 1. The van der Waals surface area contributed by atoms with Crippen molar-refractivity contribution in [1.29, 1.82) is 0 Å². The van der Waals surface area contributed by atoms with E-state index in [0.29, 0.717) is 31.7 Å². The number of carbonyl (C=O) groups is 1. The highest BCUT2D eigenvalue weighted by Gasteiger charge is 2.27. The molecule has 1 fully saturated rings. The van der Waals surface area contributed by atoms with Gasteiger partial charge in [0.25, 0.3) is 0 Å². The molecule has 186 valence electrons. The van der Waals surface area contributed by atoms with Crippen molar-refractivity contribution in [2.45, 2.75) is 45.7 Å². The minimum atomic E-state index is -0.208. The first-order chi connectivity index (χ1) is 17.0. The zero-order chi connectivity index (χ0) is 24.4. The number of pyridine rings is 1. The second kappa shape index (κ2) is 10.2. The predicted molar refractivity (Wildman–Crippen MR) is 137 cm³/mol. The van der Waals surface area contributed by atoms with Crippen LogP contribution in [-0.4, -0.2) is 70.7 Å². The number of aromatic amines is 1. The van der Waals surface area contributed by atoms with Gasteiger partial charge in [-0.2, -0.15) is 0 Å². The summed E-state index contributed by atoms with van der Waals surface area (Å²) in [6.07, 6.45) is 5.12. The number of hydrogen-bond donors (Lipinski definition) is 1. The van der Waals surface area contributed by atoms with E-state index in [4.69, 9.17) is 14.7 Å².